The smallest absolute Gasteiger partial charge is 0.462 e. The quantitative estimate of drug-likeness (QED) is 0.195. The van der Waals surface area contributed by atoms with Crippen LogP contribution in [0.2, 0.25) is 0 Å². The molecule has 0 saturated carbocycles. The van der Waals surface area contributed by atoms with Gasteiger partial charge in [-0.2, -0.15) is 5.06 Å². The molecule has 7 nitrogen and oxygen atoms in total. The minimum absolute atomic E-state index is 0.165. The van der Waals surface area contributed by atoms with E-state index in [2.05, 4.69) is 11.4 Å². The maximum atomic E-state index is 11.4. The van der Waals surface area contributed by atoms with Crippen LogP contribution >= 0.6 is 21.6 Å². The zero-order valence-corrected chi connectivity index (χ0v) is 14.4. The molecule has 0 rings (SSSR count). The van der Waals surface area contributed by atoms with Crippen LogP contribution in [0.4, 0.5) is 4.79 Å². The highest BCUT2D eigenvalue weighted by Crippen LogP contribution is 2.20. The molecule has 0 aromatic heterocycles. The standard InChI is InChI=1S/C13H21NO6S2/c1-4-6-11(15)14(3)20-13(17)19-8-10-22-21-9-7-18-12(16)5-2/h5H,2,4,6-10H2,1,3H3. The van der Waals surface area contributed by atoms with E-state index in [0.717, 1.165) is 11.1 Å². The van der Waals surface area contributed by atoms with Crippen molar-refractivity contribution in [2.75, 3.05) is 31.8 Å². The maximum absolute atomic E-state index is 11.4. The molecule has 0 bridgehead atoms. The van der Waals surface area contributed by atoms with Crippen LogP contribution in [0.5, 0.6) is 0 Å². The summed E-state index contributed by atoms with van der Waals surface area (Å²) >= 11 is 0. The predicted octanol–water partition coefficient (Wildman–Crippen LogP) is 2.42. The van der Waals surface area contributed by atoms with E-state index in [4.69, 9.17) is 9.47 Å². The van der Waals surface area contributed by atoms with Crippen molar-refractivity contribution in [2.45, 2.75) is 19.8 Å². The predicted molar refractivity (Wildman–Crippen MR) is 86.2 cm³/mol. The molecule has 0 aliphatic rings. The van der Waals surface area contributed by atoms with Gasteiger partial charge in [-0.05, 0) is 6.42 Å². The first-order valence-corrected chi connectivity index (χ1v) is 9.15. The van der Waals surface area contributed by atoms with Gasteiger partial charge >= 0.3 is 12.1 Å². The van der Waals surface area contributed by atoms with E-state index in [0.29, 0.717) is 31.0 Å². The minimum Gasteiger partial charge on any atom is -0.462 e. The van der Waals surface area contributed by atoms with Gasteiger partial charge in [0.2, 0.25) is 0 Å². The Morgan fingerprint density at radius 3 is 2.27 bits per heavy atom. The third-order valence-electron chi connectivity index (χ3n) is 2.07. The lowest BCUT2D eigenvalue weighted by atomic mass is 10.3. The van der Waals surface area contributed by atoms with Crippen molar-refractivity contribution in [3.05, 3.63) is 12.7 Å². The number of hydrogen-bond donors (Lipinski definition) is 0. The Morgan fingerprint density at radius 1 is 1.14 bits per heavy atom. The Kier molecular flexibility index (Phi) is 12.5. The largest absolute Gasteiger partial charge is 0.533 e. The van der Waals surface area contributed by atoms with Crippen molar-refractivity contribution in [2.24, 2.45) is 0 Å². The second-order valence-electron chi connectivity index (χ2n) is 3.85. The van der Waals surface area contributed by atoms with Crippen LogP contribution in [0.25, 0.3) is 0 Å². The monoisotopic (exact) mass is 351 g/mol. The van der Waals surface area contributed by atoms with Crippen LogP contribution in [0.15, 0.2) is 12.7 Å². The van der Waals surface area contributed by atoms with Crippen LogP contribution in [-0.2, 0) is 23.9 Å². The van der Waals surface area contributed by atoms with E-state index in [9.17, 15) is 14.4 Å². The van der Waals surface area contributed by atoms with Crippen LogP contribution in [0.1, 0.15) is 19.8 Å². The first-order chi connectivity index (χ1) is 10.5. The molecule has 0 spiro atoms. The van der Waals surface area contributed by atoms with E-state index in [1.807, 2.05) is 6.92 Å². The molecule has 0 aromatic rings. The van der Waals surface area contributed by atoms with Crippen molar-refractivity contribution in [1.82, 2.24) is 5.06 Å². The van der Waals surface area contributed by atoms with E-state index < -0.39 is 12.1 Å². The average molecular weight is 351 g/mol. The van der Waals surface area contributed by atoms with Crippen LogP contribution in [0.3, 0.4) is 0 Å². The molecule has 0 fully saturated rings. The van der Waals surface area contributed by atoms with Gasteiger partial charge < -0.3 is 14.3 Å². The number of carbonyl (C=O) groups excluding carboxylic acids is 3. The number of nitrogens with zero attached hydrogens (tertiary/aromatic N) is 1. The second kappa shape index (κ2) is 13.3. The van der Waals surface area contributed by atoms with E-state index >= 15 is 0 Å². The average Bonchev–Trinajstić information content (AvgIpc) is 2.49. The maximum Gasteiger partial charge on any atom is 0.533 e. The molecule has 1 amide bonds. The summed E-state index contributed by atoms with van der Waals surface area (Å²) in [6, 6.07) is 0. The van der Waals surface area contributed by atoms with Gasteiger partial charge in [0, 0.05) is 31.1 Å². The fraction of sp³-hybridized carbons (Fsp3) is 0.615. The number of hydrogen-bond acceptors (Lipinski definition) is 8. The van der Waals surface area contributed by atoms with E-state index in [1.54, 1.807) is 0 Å². The number of carbonyl (C=O) groups is 3. The molecule has 22 heavy (non-hydrogen) atoms. The topological polar surface area (TPSA) is 82.1 Å². The molecule has 0 atom stereocenters. The molecule has 0 unspecified atom stereocenters. The van der Waals surface area contributed by atoms with Gasteiger partial charge in [-0.3, -0.25) is 4.79 Å². The Labute approximate surface area is 138 Å². The minimum atomic E-state index is -0.905. The van der Waals surface area contributed by atoms with Crippen molar-refractivity contribution in [3.63, 3.8) is 0 Å². The summed E-state index contributed by atoms with van der Waals surface area (Å²) in [5.41, 5.74) is 0. The highest BCUT2D eigenvalue weighted by Gasteiger charge is 2.14. The zero-order chi connectivity index (χ0) is 16.8. The Bertz CT molecular complexity index is 378. The van der Waals surface area contributed by atoms with Gasteiger partial charge in [-0.25, -0.2) is 9.59 Å². The lowest BCUT2D eigenvalue weighted by molar-refractivity contribution is -0.166. The summed E-state index contributed by atoms with van der Waals surface area (Å²) in [5, 5.41) is 0.877. The Hall–Kier alpha value is -1.35. The molecule has 0 aliphatic carbocycles. The number of esters is 1. The molecule has 0 radical (unpaired) electrons. The third kappa shape index (κ3) is 11.3. The molecular weight excluding hydrogens is 330 g/mol. The summed E-state index contributed by atoms with van der Waals surface area (Å²) in [6.07, 6.45) is 1.20. The number of ether oxygens (including phenoxy) is 2. The fourth-order valence-electron chi connectivity index (χ4n) is 1.07. The van der Waals surface area contributed by atoms with E-state index in [-0.39, 0.29) is 12.5 Å². The molecule has 0 aliphatic heterocycles. The molecule has 0 N–H and O–H groups in total. The molecule has 126 valence electrons. The van der Waals surface area contributed by atoms with Gasteiger partial charge in [0.15, 0.2) is 0 Å². The number of amides is 1. The highest BCUT2D eigenvalue weighted by atomic mass is 33.1. The fourth-order valence-corrected chi connectivity index (χ4v) is 2.73. The van der Waals surface area contributed by atoms with Gasteiger partial charge in [0.05, 0.1) is 0 Å². The van der Waals surface area contributed by atoms with Gasteiger partial charge in [-0.1, -0.05) is 35.1 Å². The Balaban J connectivity index is 3.51. The van der Waals surface area contributed by atoms with Crippen LogP contribution < -0.4 is 0 Å². The SMILES string of the molecule is C=CC(=O)OCCSSCCOC(=O)ON(C)C(=O)CCC. The van der Waals surface area contributed by atoms with Crippen LogP contribution in [0, 0.1) is 0 Å². The first kappa shape index (κ1) is 20.6. The second-order valence-corrected chi connectivity index (χ2v) is 6.55. The first-order valence-electron chi connectivity index (χ1n) is 6.66. The van der Waals surface area contributed by atoms with Crippen molar-refractivity contribution < 1.29 is 28.7 Å². The summed E-state index contributed by atoms with van der Waals surface area (Å²) in [5.74, 6) is 0.460. The van der Waals surface area contributed by atoms with Gasteiger partial charge in [0.25, 0.3) is 5.91 Å². The van der Waals surface area contributed by atoms with Crippen molar-refractivity contribution in [3.8, 4) is 0 Å². The van der Waals surface area contributed by atoms with Crippen molar-refractivity contribution in [1.29, 1.82) is 0 Å². The summed E-state index contributed by atoms with van der Waals surface area (Å²) in [7, 11) is 4.33. The van der Waals surface area contributed by atoms with E-state index in [1.165, 1.54) is 28.6 Å². The molecule has 0 saturated heterocycles. The molecule has 0 aromatic carbocycles. The number of rotatable bonds is 10. The lowest BCUT2D eigenvalue weighted by Crippen LogP contribution is -2.30. The zero-order valence-electron chi connectivity index (χ0n) is 12.7. The molecule has 9 heteroatoms. The summed E-state index contributed by atoms with van der Waals surface area (Å²) in [4.78, 5) is 38.1. The van der Waals surface area contributed by atoms with Gasteiger partial charge in [-0.15, -0.1) is 0 Å². The highest BCUT2D eigenvalue weighted by molar-refractivity contribution is 8.76. The summed E-state index contributed by atoms with van der Waals surface area (Å²) in [6.45, 7) is 5.61. The van der Waals surface area contributed by atoms with Crippen molar-refractivity contribution >= 4 is 39.6 Å². The number of hydroxylamine groups is 2. The Morgan fingerprint density at radius 2 is 1.73 bits per heavy atom. The van der Waals surface area contributed by atoms with Gasteiger partial charge in [0.1, 0.15) is 13.2 Å². The normalized spacial score (nSPS) is 9.73. The van der Waals surface area contributed by atoms with Crippen LogP contribution in [-0.4, -0.2) is 54.9 Å². The lowest BCUT2D eigenvalue weighted by Gasteiger charge is -2.15. The molecule has 0 heterocycles. The third-order valence-corrected chi connectivity index (χ3v) is 4.41. The molecular formula is C13H21NO6S2. The summed E-state index contributed by atoms with van der Waals surface area (Å²) < 4.78 is 9.60.